The zero-order chi connectivity index (χ0) is 34.8. The fraction of sp³-hybridized carbons (Fsp3) is 0.184. The van der Waals surface area contributed by atoms with Crippen LogP contribution in [0.1, 0.15) is 75.3 Å². The Morgan fingerprint density at radius 2 is 1.20 bits per heavy atom. The lowest BCUT2D eigenvalue weighted by atomic mass is 9.78. The van der Waals surface area contributed by atoms with Crippen molar-refractivity contribution in [2.24, 2.45) is 0 Å². The molecule has 8 aromatic rings. The van der Waals surface area contributed by atoms with Gasteiger partial charge < -0.3 is 9.32 Å². The normalized spacial score (nSPS) is 15.0. The number of fused-ring (bicyclic) bond motifs is 11. The van der Waals surface area contributed by atoms with E-state index in [2.05, 4.69) is 174 Å². The summed E-state index contributed by atoms with van der Waals surface area (Å²) >= 11 is 0. The molecule has 0 fully saturated rings. The highest BCUT2D eigenvalue weighted by Crippen LogP contribution is 2.57. The molecule has 2 heteroatoms. The molecule has 0 amide bonds. The number of nitrogens with zero attached hydrogens (tertiary/aromatic N) is 1. The number of furan rings is 1. The molecular formula is C49H41NO. The first-order chi connectivity index (χ1) is 24.6. The molecule has 51 heavy (non-hydrogen) atoms. The first-order valence-electron chi connectivity index (χ1n) is 18.3. The highest BCUT2D eigenvalue weighted by molar-refractivity contribution is 6.10. The summed E-state index contributed by atoms with van der Waals surface area (Å²) in [6.07, 6.45) is 0. The Morgan fingerprint density at radius 3 is 2.00 bits per heavy atom. The lowest BCUT2D eigenvalue weighted by molar-refractivity contribution is 0.654. The SMILES string of the molecule is CC(C)c1ccc(N(c2ccc3c4c(ccc3c2)-c2cc3c(cc2C4(C)C)-c2ccccc2C3(C)C)c2cccc3c2oc2ccccc23)cc1. The second-order valence-electron chi connectivity index (χ2n) is 16.0. The van der Waals surface area contributed by atoms with Gasteiger partial charge in [-0.2, -0.15) is 0 Å². The van der Waals surface area contributed by atoms with Crippen molar-refractivity contribution in [3.05, 3.63) is 161 Å². The Balaban J connectivity index is 1.15. The van der Waals surface area contributed by atoms with Crippen LogP contribution in [0.3, 0.4) is 0 Å². The van der Waals surface area contributed by atoms with E-state index in [0.29, 0.717) is 5.92 Å². The van der Waals surface area contributed by atoms with E-state index in [-0.39, 0.29) is 10.8 Å². The molecule has 0 aliphatic heterocycles. The number of hydrogen-bond donors (Lipinski definition) is 0. The first kappa shape index (κ1) is 30.2. The second-order valence-corrected chi connectivity index (χ2v) is 16.0. The first-order valence-corrected chi connectivity index (χ1v) is 18.3. The summed E-state index contributed by atoms with van der Waals surface area (Å²) in [6.45, 7) is 14.1. The maximum atomic E-state index is 6.61. The molecule has 1 heterocycles. The Labute approximate surface area is 300 Å². The number of benzene rings is 7. The van der Waals surface area contributed by atoms with Gasteiger partial charge in [-0.25, -0.2) is 0 Å². The van der Waals surface area contributed by atoms with Gasteiger partial charge in [-0.1, -0.05) is 126 Å². The monoisotopic (exact) mass is 659 g/mol. The van der Waals surface area contributed by atoms with Crippen LogP contribution in [0.5, 0.6) is 0 Å². The van der Waals surface area contributed by atoms with Crippen molar-refractivity contribution in [2.75, 3.05) is 4.90 Å². The zero-order valence-corrected chi connectivity index (χ0v) is 30.1. The number of rotatable bonds is 4. The molecular weight excluding hydrogens is 619 g/mol. The summed E-state index contributed by atoms with van der Waals surface area (Å²) in [4.78, 5) is 2.37. The van der Waals surface area contributed by atoms with Crippen LogP contribution in [-0.2, 0) is 10.8 Å². The molecule has 7 aromatic carbocycles. The number of para-hydroxylation sites is 2. The van der Waals surface area contributed by atoms with Crippen LogP contribution in [-0.4, -0.2) is 0 Å². The molecule has 0 unspecified atom stereocenters. The van der Waals surface area contributed by atoms with E-state index in [0.717, 1.165) is 39.0 Å². The topological polar surface area (TPSA) is 16.4 Å². The number of anilines is 3. The summed E-state index contributed by atoms with van der Waals surface area (Å²) in [5.74, 6) is 0.462. The highest BCUT2D eigenvalue weighted by atomic mass is 16.3. The minimum Gasteiger partial charge on any atom is -0.454 e. The highest BCUT2D eigenvalue weighted by Gasteiger charge is 2.42. The lowest BCUT2D eigenvalue weighted by Gasteiger charge is -2.27. The van der Waals surface area contributed by atoms with Gasteiger partial charge in [0.2, 0.25) is 0 Å². The Hall–Kier alpha value is -5.60. The van der Waals surface area contributed by atoms with Crippen molar-refractivity contribution in [2.45, 2.75) is 58.3 Å². The van der Waals surface area contributed by atoms with Gasteiger partial charge in [0, 0.05) is 33.0 Å². The molecule has 1 aromatic heterocycles. The van der Waals surface area contributed by atoms with E-state index in [1.165, 1.54) is 60.8 Å². The van der Waals surface area contributed by atoms with Crippen LogP contribution in [0.15, 0.2) is 138 Å². The molecule has 0 bridgehead atoms. The molecule has 0 radical (unpaired) electrons. The summed E-state index contributed by atoms with van der Waals surface area (Å²) < 4.78 is 6.61. The third-order valence-electron chi connectivity index (χ3n) is 12.0. The molecule has 0 spiro atoms. The van der Waals surface area contributed by atoms with Gasteiger partial charge in [0.1, 0.15) is 5.58 Å². The van der Waals surface area contributed by atoms with Crippen LogP contribution in [0, 0.1) is 0 Å². The van der Waals surface area contributed by atoms with Gasteiger partial charge in [-0.05, 0) is 115 Å². The quantitative estimate of drug-likeness (QED) is 0.187. The molecule has 0 saturated heterocycles. The summed E-state index contributed by atoms with van der Waals surface area (Å²) in [6, 6.07) is 49.6. The molecule has 0 atom stereocenters. The van der Waals surface area contributed by atoms with E-state index in [1.54, 1.807) is 0 Å². The lowest BCUT2D eigenvalue weighted by Crippen LogP contribution is -2.17. The molecule has 10 rings (SSSR count). The Morgan fingerprint density at radius 1 is 0.510 bits per heavy atom. The van der Waals surface area contributed by atoms with Crippen molar-refractivity contribution < 1.29 is 4.42 Å². The zero-order valence-electron chi connectivity index (χ0n) is 30.1. The van der Waals surface area contributed by atoms with Crippen LogP contribution >= 0.6 is 0 Å². The molecule has 0 N–H and O–H groups in total. The maximum absolute atomic E-state index is 6.61. The smallest absolute Gasteiger partial charge is 0.159 e. The Bertz CT molecular complexity index is 2720. The minimum absolute atomic E-state index is 0.0286. The van der Waals surface area contributed by atoms with E-state index < -0.39 is 0 Å². The van der Waals surface area contributed by atoms with Crippen molar-refractivity contribution in [3.63, 3.8) is 0 Å². The van der Waals surface area contributed by atoms with Gasteiger partial charge in [-0.3, -0.25) is 0 Å². The second kappa shape index (κ2) is 10.5. The fourth-order valence-electron chi connectivity index (χ4n) is 9.32. The van der Waals surface area contributed by atoms with E-state index in [9.17, 15) is 0 Å². The standard InChI is InChI=1S/C49H41NO/c1-29(2)30-18-21-32(22-19-30)50(44-16-11-14-38-36-13-8-10-17-45(36)51-47(38)44)33-23-25-34-31(26-33)20-24-37-40-28-42-39(27-43(40)49(5,6)46(34)37)35-12-7-9-15-41(35)48(42,3)4/h7-29H,1-6H3. The van der Waals surface area contributed by atoms with Crippen LogP contribution in [0.2, 0.25) is 0 Å². The van der Waals surface area contributed by atoms with E-state index in [1.807, 2.05) is 6.07 Å². The van der Waals surface area contributed by atoms with Gasteiger partial charge in [-0.15, -0.1) is 0 Å². The average molecular weight is 660 g/mol. The predicted octanol–water partition coefficient (Wildman–Crippen LogP) is 13.9. The molecule has 2 aliphatic rings. The molecule has 248 valence electrons. The summed E-state index contributed by atoms with van der Waals surface area (Å²) in [7, 11) is 0. The number of hydrogen-bond acceptors (Lipinski definition) is 2. The third-order valence-corrected chi connectivity index (χ3v) is 12.0. The summed E-state index contributed by atoms with van der Waals surface area (Å²) in [5, 5.41) is 4.82. The fourth-order valence-corrected chi connectivity index (χ4v) is 9.32. The van der Waals surface area contributed by atoms with Crippen molar-refractivity contribution in [3.8, 4) is 22.3 Å². The van der Waals surface area contributed by atoms with E-state index >= 15 is 0 Å². The van der Waals surface area contributed by atoms with Crippen LogP contribution in [0.4, 0.5) is 17.1 Å². The molecule has 0 saturated carbocycles. The van der Waals surface area contributed by atoms with Gasteiger partial charge in [0.15, 0.2) is 5.58 Å². The molecule has 2 nitrogen and oxygen atoms in total. The molecule has 2 aliphatic carbocycles. The van der Waals surface area contributed by atoms with Crippen LogP contribution in [0.25, 0.3) is 55.0 Å². The predicted molar refractivity (Wildman–Crippen MR) is 215 cm³/mol. The van der Waals surface area contributed by atoms with E-state index in [4.69, 9.17) is 4.42 Å². The van der Waals surface area contributed by atoms with Crippen molar-refractivity contribution >= 4 is 49.8 Å². The third kappa shape index (κ3) is 4.17. The van der Waals surface area contributed by atoms with Gasteiger partial charge in [0.05, 0.1) is 5.69 Å². The average Bonchev–Trinajstić information content (AvgIpc) is 3.71. The van der Waals surface area contributed by atoms with Crippen LogP contribution < -0.4 is 4.90 Å². The van der Waals surface area contributed by atoms with Gasteiger partial charge >= 0.3 is 0 Å². The van der Waals surface area contributed by atoms with Crippen molar-refractivity contribution in [1.29, 1.82) is 0 Å². The van der Waals surface area contributed by atoms with Gasteiger partial charge in [0.25, 0.3) is 0 Å². The van der Waals surface area contributed by atoms with Crippen molar-refractivity contribution in [1.82, 2.24) is 0 Å². The Kier molecular flexibility index (Phi) is 6.20. The minimum atomic E-state index is -0.144. The largest absolute Gasteiger partial charge is 0.454 e. The maximum Gasteiger partial charge on any atom is 0.159 e. The summed E-state index contributed by atoms with van der Waals surface area (Å²) in [5.41, 5.74) is 17.4.